The van der Waals surface area contributed by atoms with Gasteiger partial charge < -0.3 is 9.64 Å². The van der Waals surface area contributed by atoms with Crippen LogP contribution in [0.15, 0.2) is 48.5 Å². The summed E-state index contributed by atoms with van der Waals surface area (Å²) in [7, 11) is 3.13. The summed E-state index contributed by atoms with van der Waals surface area (Å²) in [6.07, 6.45) is -0.956. The summed E-state index contributed by atoms with van der Waals surface area (Å²) in [4.78, 5) is 51.9. The molecule has 3 amide bonds. The van der Waals surface area contributed by atoms with E-state index in [0.29, 0.717) is 0 Å². The van der Waals surface area contributed by atoms with Crippen molar-refractivity contribution in [3.63, 3.8) is 0 Å². The molecule has 0 aliphatic carbocycles. The Hall–Kier alpha value is -3.48. The molecule has 0 unspecified atom stereocenters. The van der Waals surface area contributed by atoms with Gasteiger partial charge in [-0.15, -0.1) is 0 Å². The van der Waals surface area contributed by atoms with E-state index in [1.165, 1.54) is 30.0 Å². The molecule has 1 aliphatic heterocycles. The molecule has 1 aliphatic rings. The number of hydrogen-bond donors (Lipinski definition) is 0. The Bertz CT molecular complexity index is 953. The number of nitrogens with zero attached hydrogens (tertiary/aromatic N) is 2. The van der Waals surface area contributed by atoms with Gasteiger partial charge in [0.25, 0.3) is 17.7 Å². The molecule has 0 bridgehead atoms. The van der Waals surface area contributed by atoms with E-state index in [2.05, 4.69) is 0 Å². The van der Waals surface area contributed by atoms with Crippen LogP contribution in [0.25, 0.3) is 0 Å². The van der Waals surface area contributed by atoms with E-state index in [1.54, 1.807) is 14.1 Å². The lowest BCUT2D eigenvalue weighted by Gasteiger charge is -2.17. The molecule has 0 aromatic heterocycles. The number of esters is 1. The van der Waals surface area contributed by atoms with Crippen LogP contribution < -0.4 is 0 Å². The number of carbonyl (C=O) groups is 4. The smallest absolute Gasteiger partial charge is 0.338 e. The Kier molecular flexibility index (Phi) is 5.26. The summed E-state index contributed by atoms with van der Waals surface area (Å²) in [5.74, 6) is -1.95. The van der Waals surface area contributed by atoms with Crippen LogP contribution in [0.4, 0.5) is 0 Å². The van der Waals surface area contributed by atoms with Gasteiger partial charge in [-0.1, -0.05) is 30.3 Å². The molecule has 2 aromatic carbocycles. The van der Waals surface area contributed by atoms with Gasteiger partial charge >= 0.3 is 5.97 Å². The minimum Gasteiger partial charge on any atom is -0.449 e. The predicted molar refractivity (Wildman–Crippen MR) is 101 cm³/mol. The number of benzene rings is 2. The van der Waals surface area contributed by atoms with Crippen LogP contribution in [-0.4, -0.2) is 53.7 Å². The average molecular weight is 380 g/mol. The van der Waals surface area contributed by atoms with Gasteiger partial charge in [-0.3, -0.25) is 19.3 Å². The summed E-state index contributed by atoms with van der Waals surface area (Å²) >= 11 is 0. The molecule has 0 saturated heterocycles. The largest absolute Gasteiger partial charge is 0.449 e. The number of imide groups is 1. The SMILES string of the molecule is C[C@H](OC(=O)c1ccc2c(c1)C(=O)N(Cc1ccccc1)C2=O)C(=O)N(C)C. The molecule has 28 heavy (non-hydrogen) atoms. The Balaban J connectivity index is 1.79. The summed E-state index contributed by atoms with van der Waals surface area (Å²) in [5, 5.41) is 0. The van der Waals surface area contributed by atoms with Crippen molar-refractivity contribution in [3.8, 4) is 0 Å². The van der Waals surface area contributed by atoms with Crippen molar-refractivity contribution in [2.45, 2.75) is 19.6 Å². The number of hydrogen-bond acceptors (Lipinski definition) is 5. The average Bonchev–Trinajstić information content (AvgIpc) is 2.92. The summed E-state index contributed by atoms with van der Waals surface area (Å²) in [6, 6.07) is 13.4. The van der Waals surface area contributed by atoms with Gasteiger partial charge in [0.15, 0.2) is 6.10 Å². The van der Waals surface area contributed by atoms with Crippen molar-refractivity contribution < 1.29 is 23.9 Å². The standard InChI is InChI=1S/C21H20N2O5/c1-13(18(24)22(2)3)28-21(27)15-9-10-16-17(11-15)20(26)23(19(16)25)12-14-7-5-4-6-8-14/h4-11,13H,12H2,1-3H3/t13-/m0/s1. The van der Waals surface area contributed by atoms with Gasteiger partial charge in [0, 0.05) is 14.1 Å². The molecule has 1 heterocycles. The van der Waals surface area contributed by atoms with Crippen LogP contribution in [0, 0.1) is 0 Å². The first-order valence-corrected chi connectivity index (χ1v) is 8.76. The van der Waals surface area contributed by atoms with Crippen molar-refractivity contribution in [2.75, 3.05) is 14.1 Å². The highest BCUT2D eigenvalue weighted by molar-refractivity contribution is 6.21. The van der Waals surface area contributed by atoms with Crippen LogP contribution >= 0.6 is 0 Å². The zero-order valence-corrected chi connectivity index (χ0v) is 15.8. The minimum atomic E-state index is -0.956. The second-order valence-corrected chi connectivity index (χ2v) is 6.72. The quantitative estimate of drug-likeness (QED) is 0.586. The maximum atomic E-state index is 12.7. The first-order chi connectivity index (χ1) is 13.3. The van der Waals surface area contributed by atoms with Crippen molar-refractivity contribution in [3.05, 3.63) is 70.8 Å². The molecule has 7 nitrogen and oxygen atoms in total. The first-order valence-electron chi connectivity index (χ1n) is 8.76. The van der Waals surface area contributed by atoms with E-state index in [-0.39, 0.29) is 29.1 Å². The summed E-state index contributed by atoms with van der Waals surface area (Å²) in [5.41, 5.74) is 1.34. The fourth-order valence-corrected chi connectivity index (χ4v) is 2.97. The molecule has 0 fully saturated rings. The van der Waals surface area contributed by atoms with Gasteiger partial charge in [0.1, 0.15) is 0 Å². The molecule has 0 spiro atoms. The molecule has 3 rings (SSSR count). The number of fused-ring (bicyclic) bond motifs is 1. The van der Waals surface area contributed by atoms with Crippen LogP contribution in [0.5, 0.6) is 0 Å². The highest BCUT2D eigenvalue weighted by atomic mass is 16.5. The molecular weight excluding hydrogens is 360 g/mol. The first kappa shape index (κ1) is 19.3. The third-order valence-corrected chi connectivity index (χ3v) is 4.46. The lowest BCUT2D eigenvalue weighted by atomic mass is 10.1. The number of rotatable bonds is 5. The van der Waals surface area contributed by atoms with E-state index in [9.17, 15) is 19.2 Å². The van der Waals surface area contributed by atoms with Gasteiger partial charge in [0.05, 0.1) is 23.2 Å². The van der Waals surface area contributed by atoms with Gasteiger partial charge in [0.2, 0.25) is 0 Å². The maximum Gasteiger partial charge on any atom is 0.338 e. The van der Waals surface area contributed by atoms with Crippen molar-refractivity contribution in [2.24, 2.45) is 0 Å². The molecular formula is C21H20N2O5. The van der Waals surface area contributed by atoms with E-state index in [4.69, 9.17) is 4.74 Å². The fraction of sp³-hybridized carbons (Fsp3) is 0.238. The molecule has 2 aromatic rings. The lowest BCUT2D eigenvalue weighted by Crippen LogP contribution is -2.34. The van der Waals surface area contributed by atoms with Crippen LogP contribution in [0.2, 0.25) is 0 Å². The third kappa shape index (κ3) is 3.64. The molecule has 144 valence electrons. The van der Waals surface area contributed by atoms with Gasteiger partial charge in [-0.05, 0) is 30.7 Å². The number of likely N-dealkylation sites (N-methyl/N-ethyl adjacent to an activating group) is 1. The Labute approximate surface area is 162 Å². The van der Waals surface area contributed by atoms with Crippen LogP contribution in [0.1, 0.15) is 43.6 Å². The molecule has 7 heteroatoms. The fourth-order valence-electron chi connectivity index (χ4n) is 2.97. The third-order valence-electron chi connectivity index (χ3n) is 4.46. The second kappa shape index (κ2) is 7.64. The van der Waals surface area contributed by atoms with E-state index < -0.39 is 23.9 Å². The predicted octanol–water partition coefficient (Wildman–Crippen LogP) is 2.12. The molecule has 1 atom stereocenters. The van der Waals surface area contributed by atoms with Crippen molar-refractivity contribution >= 4 is 23.7 Å². The zero-order chi connectivity index (χ0) is 20.4. The number of carbonyl (C=O) groups excluding carboxylic acids is 4. The highest BCUT2D eigenvalue weighted by Gasteiger charge is 2.36. The Morgan fingerprint density at radius 2 is 1.64 bits per heavy atom. The topological polar surface area (TPSA) is 84.0 Å². The van der Waals surface area contributed by atoms with Crippen LogP contribution in [0.3, 0.4) is 0 Å². The normalized spacial score (nSPS) is 13.9. The van der Waals surface area contributed by atoms with Gasteiger partial charge in [-0.25, -0.2) is 4.79 Å². The zero-order valence-electron chi connectivity index (χ0n) is 15.8. The highest BCUT2D eigenvalue weighted by Crippen LogP contribution is 2.26. The Morgan fingerprint density at radius 3 is 2.29 bits per heavy atom. The van der Waals surface area contributed by atoms with E-state index >= 15 is 0 Å². The number of ether oxygens (including phenoxy) is 1. The molecule has 0 N–H and O–H groups in total. The maximum absolute atomic E-state index is 12.7. The minimum absolute atomic E-state index is 0.111. The van der Waals surface area contributed by atoms with Crippen molar-refractivity contribution in [1.82, 2.24) is 9.80 Å². The summed E-state index contributed by atoms with van der Waals surface area (Å²) < 4.78 is 5.16. The van der Waals surface area contributed by atoms with Crippen molar-refractivity contribution in [1.29, 1.82) is 0 Å². The van der Waals surface area contributed by atoms with E-state index in [1.807, 2.05) is 30.3 Å². The van der Waals surface area contributed by atoms with E-state index in [0.717, 1.165) is 10.5 Å². The lowest BCUT2D eigenvalue weighted by molar-refractivity contribution is -0.137. The Morgan fingerprint density at radius 1 is 1.00 bits per heavy atom. The molecule has 0 saturated carbocycles. The second-order valence-electron chi connectivity index (χ2n) is 6.72. The monoisotopic (exact) mass is 380 g/mol. The number of amides is 3. The van der Waals surface area contributed by atoms with Gasteiger partial charge in [-0.2, -0.15) is 0 Å². The van der Waals surface area contributed by atoms with Crippen LogP contribution in [-0.2, 0) is 16.1 Å². The summed E-state index contributed by atoms with van der Waals surface area (Å²) in [6.45, 7) is 1.63. The molecule has 0 radical (unpaired) electrons.